The fourth-order valence-electron chi connectivity index (χ4n) is 2.73. The first kappa shape index (κ1) is 7.26. The normalized spacial score (nSPS) is 62.5. The Balaban J connectivity index is 2.00. The Morgan fingerprint density at radius 2 is 2.00 bits per heavy atom. The van der Waals surface area contributed by atoms with Crippen LogP contribution in [-0.4, -0.2) is 35.5 Å². The molecule has 0 aromatic rings. The van der Waals surface area contributed by atoms with Gasteiger partial charge in [-0.3, -0.25) is 0 Å². The lowest BCUT2D eigenvalue weighted by atomic mass is 9.96. The highest BCUT2D eigenvalue weighted by atomic mass is 16.8. The Morgan fingerprint density at radius 1 is 1.25 bits per heavy atom. The number of rotatable bonds is 0. The first-order valence-corrected chi connectivity index (χ1v) is 4.39. The molecule has 12 heavy (non-hydrogen) atoms. The average Bonchev–Trinajstić information content (AvgIpc) is 2.51. The number of hydrogen-bond donors (Lipinski definition) is 2. The molecule has 2 N–H and O–H groups in total. The predicted molar refractivity (Wildman–Crippen MR) is 37.9 cm³/mol. The van der Waals surface area contributed by atoms with Crippen LogP contribution in [0.3, 0.4) is 0 Å². The van der Waals surface area contributed by atoms with Gasteiger partial charge in [-0.2, -0.15) is 0 Å². The van der Waals surface area contributed by atoms with Crippen LogP contribution in [0.2, 0.25) is 0 Å². The van der Waals surface area contributed by atoms with Gasteiger partial charge in [-0.15, -0.1) is 0 Å². The van der Waals surface area contributed by atoms with Crippen LogP contribution in [0.4, 0.5) is 0 Å². The zero-order chi connectivity index (χ0) is 8.34. The quantitative estimate of drug-likeness (QED) is 0.507. The lowest BCUT2D eigenvalue weighted by Crippen LogP contribution is -2.43. The molecule has 0 radical (unpaired) electrons. The van der Waals surface area contributed by atoms with Crippen LogP contribution in [0.5, 0.6) is 0 Å². The first-order chi connectivity index (χ1) is 5.71. The summed E-state index contributed by atoms with van der Waals surface area (Å²) in [7, 11) is 0. The standard InChI is InChI=1S/C8H12O4/c9-7-4-1-6-5(7)3-12-8(6,10)11-2-4/h4-7,9-10H,1-3H2/t4?,5?,6?,7-,8+/m0/s1. The number of fused-ring (bicyclic) bond motifs is 1. The van der Waals surface area contributed by atoms with E-state index < -0.39 is 5.97 Å². The molecule has 3 fully saturated rings. The van der Waals surface area contributed by atoms with Crippen molar-refractivity contribution in [2.24, 2.45) is 17.8 Å². The van der Waals surface area contributed by atoms with E-state index in [0.717, 1.165) is 6.42 Å². The number of ether oxygens (including phenoxy) is 2. The van der Waals surface area contributed by atoms with E-state index in [-0.39, 0.29) is 23.9 Å². The molecule has 3 rings (SSSR count). The molecule has 5 atom stereocenters. The minimum absolute atomic E-state index is 0.00810. The maximum atomic E-state index is 9.77. The summed E-state index contributed by atoms with van der Waals surface area (Å²) in [5.74, 6) is -1.09. The lowest BCUT2D eigenvalue weighted by Gasteiger charge is -2.33. The second-order valence-corrected chi connectivity index (χ2v) is 4.01. The Morgan fingerprint density at radius 3 is 2.83 bits per heavy atom. The Kier molecular flexibility index (Phi) is 1.22. The summed E-state index contributed by atoms with van der Waals surface area (Å²) >= 11 is 0. The van der Waals surface area contributed by atoms with Crippen LogP contribution in [0.15, 0.2) is 0 Å². The Labute approximate surface area is 70.1 Å². The van der Waals surface area contributed by atoms with E-state index in [9.17, 15) is 10.2 Å². The molecule has 1 aliphatic carbocycles. The topological polar surface area (TPSA) is 58.9 Å². The third-order valence-corrected chi connectivity index (χ3v) is 3.45. The third-order valence-electron chi connectivity index (χ3n) is 3.45. The molecule has 2 bridgehead atoms. The zero-order valence-electron chi connectivity index (χ0n) is 6.64. The van der Waals surface area contributed by atoms with Crippen molar-refractivity contribution in [1.82, 2.24) is 0 Å². The summed E-state index contributed by atoms with van der Waals surface area (Å²) in [4.78, 5) is 0. The van der Waals surface area contributed by atoms with Crippen molar-refractivity contribution < 1.29 is 19.7 Å². The van der Waals surface area contributed by atoms with Crippen molar-refractivity contribution in [3.05, 3.63) is 0 Å². The molecule has 2 aliphatic heterocycles. The fraction of sp³-hybridized carbons (Fsp3) is 1.00. The van der Waals surface area contributed by atoms with Crippen LogP contribution in [-0.2, 0) is 9.47 Å². The largest absolute Gasteiger partial charge is 0.392 e. The SMILES string of the molecule is O[C@H]1C2CO[C@@]3(O)OCC1C3C2. The zero-order valence-corrected chi connectivity index (χ0v) is 6.64. The Hall–Kier alpha value is -0.160. The van der Waals surface area contributed by atoms with Gasteiger partial charge in [0.1, 0.15) is 0 Å². The predicted octanol–water partition coefficient (Wildman–Crippen LogP) is -0.694. The highest BCUT2D eigenvalue weighted by molar-refractivity contribution is 5.00. The minimum Gasteiger partial charge on any atom is -0.392 e. The molecule has 4 heteroatoms. The summed E-state index contributed by atoms with van der Waals surface area (Å²) in [5.41, 5.74) is 0. The van der Waals surface area contributed by atoms with Gasteiger partial charge >= 0.3 is 0 Å². The second-order valence-electron chi connectivity index (χ2n) is 4.01. The molecular formula is C8H12O4. The van der Waals surface area contributed by atoms with Gasteiger partial charge in [-0.25, -0.2) is 0 Å². The maximum Gasteiger partial charge on any atom is 0.283 e. The summed E-state index contributed by atoms with van der Waals surface area (Å²) in [6, 6.07) is 0. The third kappa shape index (κ3) is 0.671. The van der Waals surface area contributed by atoms with Crippen LogP contribution >= 0.6 is 0 Å². The van der Waals surface area contributed by atoms with E-state index in [1.807, 2.05) is 0 Å². The van der Waals surface area contributed by atoms with Crippen molar-refractivity contribution in [2.45, 2.75) is 18.5 Å². The summed E-state index contributed by atoms with van der Waals surface area (Å²) in [5, 5.41) is 19.5. The van der Waals surface area contributed by atoms with Gasteiger partial charge in [0.2, 0.25) is 0 Å². The van der Waals surface area contributed by atoms with Crippen molar-refractivity contribution in [3.8, 4) is 0 Å². The maximum absolute atomic E-state index is 9.77. The van der Waals surface area contributed by atoms with Crippen molar-refractivity contribution in [2.75, 3.05) is 13.2 Å². The molecule has 0 spiro atoms. The molecule has 3 aliphatic rings. The number of aliphatic hydroxyl groups is 2. The molecular weight excluding hydrogens is 160 g/mol. The van der Waals surface area contributed by atoms with Crippen LogP contribution in [0.25, 0.3) is 0 Å². The van der Waals surface area contributed by atoms with Gasteiger partial charge in [0.05, 0.1) is 19.3 Å². The monoisotopic (exact) mass is 172 g/mol. The summed E-state index contributed by atoms with van der Waals surface area (Å²) in [6.45, 7) is 0.851. The highest BCUT2D eigenvalue weighted by Crippen LogP contribution is 2.52. The molecule has 2 saturated heterocycles. The molecule has 2 heterocycles. The van der Waals surface area contributed by atoms with E-state index in [4.69, 9.17) is 9.47 Å². The molecule has 0 aromatic carbocycles. The molecule has 68 valence electrons. The van der Waals surface area contributed by atoms with Crippen molar-refractivity contribution in [3.63, 3.8) is 0 Å². The minimum atomic E-state index is -1.38. The van der Waals surface area contributed by atoms with E-state index in [1.165, 1.54) is 0 Å². The second kappa shape index (κ2) is 2.01. The molecule has 3 unspecified atom stereocenters. The fourth-order valence-corrected chi connectivity index (χ4v) is 2.73. The molecule has 0 amide bonds. The number of aliphatic hydroxyl groups excluding tert-OH is 1. The van der Waals surface area contributed by atoms with Gasteiger partial charge in [0.25, 0.3) is 5.97 Å². The van der Waals surface area contributed by atoms with Crippen LogP contribution in [0.1, 0.15) is 6.42 Å². The molecule has 1 saturated carbocycles. The van der Waals surface area contributed by atoms with Crippen LogP contribution in [0, 0.1) is 17.8 Å². The van der Waals surface area contributed by atoms with Gasteiger partial charge in [-0.05, 0) is 6.42 Å². The summed E-state index contributed by atoms with van der Waals surface area (Å²) in [6.07, 6.45) is 0.494. The molecule has 4 nitrogen and oxygen atoms in total. The van der Waals surface area contributed by atoms with Gasteiger partial charge in [0, 0.05) is 17.8 Å². The molecule has 0 aromatic heterocycles. The van der Waals surface area contributed by atoms with E-state index >= 15 is 0 Å². The van der Waals surface area contributed by atoms with E-state index in [1.54, 1.807) is 0 Å². The van der Waals surface area contributed by atoms with Crippen molar-refractivity contribution in [1.29, 1.82) is 0 Å². The summed E-state index contributed by atoms with van der Waals surface area (Å²) < 4.78 is 10.3. The van der Waals surface area contributed by atoms with Crippen molar-refractivity contribution >= 4 is 0 Å². The van der Waals surface area contributed by atoms with E-state index in [2.05, 4.69) is 0 Å². The number of hydrogen-bond acceptors (Lipinski definition) is 4. The van der Waals surface area contributed by atoms with E-state index in [0.29, 0.717) is 13.2 Å². The van der Waals surface area contributed by atoms with Gasteiger partial charge < -0.3 is 19.7 Å². The average molecular weight is 172 g/mol. The van der Waals surface area contributed by atoms with Gasteiger partial charge in [-0.1, -0.05) is 0 Å². The first-order valence-electron chi connectivity index (χ1n) is 4.39. The van der Waals surface area contributed by atoms with Gasteiger partial charge in [0.15, 0.2) is 0 Å². The Bertz CT molecular complexity index is 219. The van der Waals surface area contributed by atoms with Crippen LogP contribution < -0.4 is 0 Å². The smallest absolute Gasteiger partial charge is 0.283 e. The lowest BCUT2D eigenvalue weighted by molar-refractivity contribution is -0.374. The highest BCUT2D eigenvalue weighted by Gasteiger charge is 2.62.